The van der Waals surface area contributed by atoms with Crippen molar-refractivity contribution in [1.29, 1.82) is 10.7 Å². The van der Waals surface area contributed by atoms with Crippen LogP contribution in [0.2, 0.25) is 0 Å². The Morgan fingerprint density at radius 2 is 2.20 bits per heavy atom. The van der Waals surface area contributed by atoms with Gasteiger partial charge in [-0.05, 0) is 6.92 Å². The molecule has 3 nitrogen and oxygen atoms in total. The summed E-state index contributed by atoms with van der Waals surface area (Å²) < 4.78 is 0.269. The van der Waals surface area contributed by atoms with E-state index in [1.165, 1.54) is 6.92 Å². The third kappa shape index (κ3) is 3.56. The molecular formula is C5H9N3S2. The average molecular weight is 175 g/mol. The molecule has 0 heterocycles. The van der Waals surface area contributed by atoms with Gasteiger partial charge in [-0.3, -0.25) is 0 Å². The third-order valence-electron chi connectivity index (χ3n) is 0.809. The summed E-state index contributed by atoms with van der Waals surface area (Å²) in [5.41, 5.74) is 0.248. The van der Waals surface area contributed by atoms with Crippen LogP contribution in [0, 0.1) is 22.7 Å². The molecule has 1 unspecified atom stereocenters. The van der Waals surface area contributed by atoms with Crippen molar-refractivity contribution in [2.45, 2.75) is 6.92 Å². The lowest BCUT2D eigenvalue weighted by atomic mass is 10.1. The van der Waals surface area contributed by atoms with Gasteiger partial charge in [-0.25, -0.2) is 0 Å². The fourth-order valence-corrected chi connectivity index (χ4v) is 0.818. The van der Waals surface area contributed by atoms with Crippen molar-refractivity contribution in [1.82, 2.24) is 6.15 Å². The molecule has 4 N–H and O–H groups in total. The van der Waals surface area contributed by atoms with Crippen molar-refractivity contribution in [3.05, 3.63) is 0 Å². The zero-order valence-corrected chi connectivity index (χ0v) is 7.30. The Labute approximate surface area is 70.9 Å². The van der Waals surface area contributed by atoms with Crippen LogP contribution in [0.3, 0.4) is 0 Å². The van der Waals surface area contributed by atoms with Gasteiger partial charge in [-0.2, -0.15) is 5.26 Å². The molecule has 0 aromatic rings. The fourth-order valence-electron chi connectivity index (χ4n) is 0.337. The minimum absolute atomic E-state index is 0. The quantitative estimate of drug-likeness (QED) is 0.338. The van der Waals surface area contributed by atoms with Gasteiger partial charge in [-0.15, -0.1) is 12.6 Å². The van der Waals surface area contributed by atoms with Gasteiger partial charge in [0.25, 0.3) is 0 Å². The number of thiocarbonyl (C=S) groups is 1. The van der Waals surface area contributed by atoms with E-state index in [4.69, 9.17) is 10.7 Å². The lowest BCUT2D eigenvalue weighted by molar-refractivity contribution is 1.20. The Bertz CT molecular complexity index is 168. The van der Waals surface area contributed by atoms with Crippen LogP contribution in [-0.4, -0.2) is 9.91 Å². The van der Waals surface area contributed by atoms with Crippen molar-refractivity contribution in [3.63, 3.8) is 0 Å². The number of nitrogens with one attached hydrogen (secondary N) is 1. The highest BCUT2D eigenvalue weighted by molar-refractivity contribution is 8.11. The van der Waals surface area contributed by atoms with E-state index in [1.807, 2.05) is 6.07 Å². The van der Waals surface area contributed by atoms with E-state index in [9.17, 15) is 0 Å². The molecule has 0 spiro atoms. The second kappa shape index (κ2) is 5.35. The van der Waals surface area contributed by atoms with Crippen molar-refractivity contribution in [2.75, 3.05) is 0 Å². The van der Waals surface area contributed by atoms with Crippen LogP contribution in [0.4, 0.5) is 0 Å². The van der Waals surface area contributed by atoms with Gasteiger partial charge < -0.3 is 11.6 Å². The van der Waals surface area contributed by atoms with Gasteiger partial charge in [0, 0.05) is 5.71 Å². The maximum absolute atomic E-state index is 8.34. The monoisotopic (exact) mass is 175 g/mol. The molecule has 0 aliphatic carbocycles. The molecule has 0 aliphatic rings. The van der Waals surface area contributed by atoms with Gasteiger partial charge in [0.15, 0.2) is 0 Å². The lowest BCUT2D eigenvalue weighted by Gasteiger charge is -2.00. The smallest absolute Gasteiger partial charge is 0.124 e. The van der Waals surface area contributed by atoms with Gasteiger partial charge in [0.1, 0.15) is 5.92 Å². The summed E-state index contributed by atoms with van der Waals surface area (Å²) in [4.78, 5) is 0. The molecule has 10 heavy (non-hydrogen) atoms. The number of thiol groups is 1. The van der Waals surface area contributed by atoms with Crippen molar-refractivity contribution >= 4 is 34.8 Å². The lowest BCUT2D eigenvalue weighted by Crippen LogP contribution is -2.12. The first kappa shape index (κ1) is 12.3. The van der Waals surface area contributed by atoms with Gasteiger partial charge in [0.2, 0.25) is 0 Å². The summed E-state index contributed by atoms with van der Waals surface area (Å²) >= 11 is 8.37. The Balaban J connectivity index is 0. The molecule has 0 bridgehead atoms. The van der Waals surface area contributed by atoms with Crippen LogP contribution >= 0.6 is 24.8 Å². The average Bonchev–Trinajstić information content (AvgIpc) is 1.64. The third-order valence-corrected chi connectivity index (χ3v) is 1.30. The second-order valence-electron chi connectivity index (χ2n) is 1.58. The first-order valence-corrected chi connectivity index (χ1v) is 3.12. The zero-order valence-electron chi connectivity index (χ0n) is 5.59. The van der Waals surface area contributed by atoms with E-state index in [1.54, 1.807) is 0 Å². The maximum Gasteiger partial charge on any atom is 0.124 e. The van der Waals surface area contributed by atoms with Crippen LogP contribution in [-0.2, 0) is 0 Å². The van der Waals surface area contributed by atoms with Crippen molar-refractivity contribution in [2.24, 2.45) is 5.92 Å². The normalized spacial score (nSPS) is 10.5. The number of nitriles is 1. The molecule has 0 radical (unpaired) electrons. The molecule has 56 valence electrons. The fraction of sp³-hybridized carbons (Fsp3) is 0.400. The number of nitrogens with zero attached hydrogens (tertiary/aromatic N) is 1. The first-order valence-electron chi connectivity index (χ1n) is 2.27. The molecule has 0 saturated heterocycles. The van der Waals surface area contributed by atoms with E-state index < -0.39 is 5.92 Å². The number of hydrogen-bond donors (Lipinski definition) is 3. The zero-order chi connectivity index (χ0) is 7.44. The Hall–Kier alpha value is -0.440. The van der Waals surface area contributed by atoms with Crippen molar-refractivity contribution in [3.8, 4) is 6.07 Å². The molecule has 0 amide bonds. The largest absolute Gasteiger partial charge is 0.344 e. The molecule has 1 atom stereocenters. The Kier molecular flexibility index (Phi) is 6.56. The molecule has 0 rings (SSSR count). The highest BCUT2D eigenvalue weighted by atomic mass is 32.1. The summed E-state index contributed by atoms with van der Waals surface area (Å²) in [7, 11) is 0. The molecular weight excluding hydrogens is 166 g/mol. The van der Waals surface area contributed by atoms with E-state index in [0.717, 1.165) is 0 Å². The molecule has 0 aliphatic heterocycles. The first-order chi connectivity index (χ1) is 4.09. The highest BCUT2D eigenvalue weighted by Crippen LogP contribution is 2.03. The SMILES string of the molecule is CC(=N)C(C#N)C(=S)S.N. The van der Waals surface area contributed by atoms with Gasteiger partial charge in [0.05, 0.1) is 10.3 Å². The van der Waals surface area contributed by atoms with Crippen LogP contribution < -0.4 is 6.15 Å². The summed E-state index contributed by atoms with van der Waals surface area (Å²) in [6.45, 7) is 1.54. The van der Waals surface area contributed by atoms with Gasteiger partial charge in [-0.1, -0.05) is 12.2 Å². The van der Waals surface area contributed by atoms with Crippen LogP contribution in [0.25, 0.3) is 0 Å². The van der Waals surface area contributed by atoms with E-state index in [2.05, 4.69) is 24.8 Å². The van der Waals surface area contributed by atoms with Crippen molar-refractivity contribution < 1.29 is 0 Å². The maximum atomic E-state index is 8.34. The summed E-state index contributed by atoms with van der Waals surface area (Å²) in [6, 6.07) is 1.86. The van der Waals surface area contributed by atoms with E-state index in [-0.39, 0.29) is 16.1 Å². The molecule has 5 heteroatoms. The Morgan fingerprint density at radius 1 is 1.80 bits per heavy atom. The molecule has 0 fully saturated rings. The molecule has 0 saturated carbocycles. The standard InChI is InChI=1S/C5H6N2S2.H3N/c1-3(7)4(2-6)5(8)9;/h4,7H,1H3,(H,8,9);1H3. The summed E-state index contributed by atoms with van der Waals surface area (Å²) in [6.07, 6.45) is 0. The summed E-state index contributed by atoms with van der Waals surface area (Å²) in [5.74, 6) is -0.594. The van der Waals surface area contributed by atoms with Crippen LogP contribution in [0.15, 0.2) is 0 Å². The van der Waals surface area contributed by atoms with Crippen LogP contribution in [0.1, 0.15) is 6.92 Å². The van der Waals surface area contributed by atoms with Crippen LogP contribution in [0.5, 0.6) is 0 Å². The predicted octanol–water partition coefficient (Wildman–Crippen LogP) is 1.59. The Morgan fingerprint density at radius 3 is 2.20 bits per heavy atom. The minimum Gasteiger partial charge on any atom is -0.344 e. The number of rotatable bonds is 2. The summed E-state index contributed by atoms with van der Waals surface area (Å²) in [5, 5.41) is 15.4. The predicted molar refractivity (Wildman–Crippen MR) is 49.1 cm³/mol. The van der Waals surface area contributed by atoms with E-state index >= 15 is 0 Å². The van der Waals surface area contributed by atoms with Gasteiger partial charge >= 0.3 is 0 Å². The topological polar surface area (TPSA) is 82.6 Å². The second-order valence-corrected chi connectivity index (χ2v) is 2.81. The molecule has 0 aromatic heterocycles. The highest BCUT2D eigenvalue weighted by Gasteiger charge is 2.11. The van der Waals surface area contributed by atoms with E-state index in [0.29, 0.717) is 0 Å². The minimum atomic E-state index is -0.594. The number of hydrogen-bond acceptors (Lipinski definition) is 4. The molecule has 0 aromatic carbocycles.